The van der Waals surface area contributed by atoms with Gasteiger partial charge in [-0.15, -0.1) is 0 Å². The van der Waals surface area contributed by atoms with Crippen LogP contribution in [-0.2, 0) is 9.59 Å². The third-order valence-corrected chi connectivity index (χ3v) is 7.23. The zero-order valence-electron chi connectivity index (χ0n) is 19.5. The molecule has 3 amide bonds. The number of nitrogens with zero attached hydrogens (tertiary/aromatic N) is 3. The molecule has 2 fully saturated rings. The van der Waals surface area contributed by atoms with Crippen LogP contribution in [0.1, 0.15) is 23.7 Å². The first-order valence-electron chi connectivity index (χ1n) is 11.8. The number of carbonyl (C=O) groups excluding carboxylic acids is 3. The molecule has 0 spiro atoms. The Labute approximate surface area is 199 Å². The molecule has 2 aromatic carbocycles. The molecule has 3 atom stereocenters. The number of amides is 3. The van der Waals surface area contributed by atoms with E-state index in [0.29, 0.717) is 30.8 Å². The zero-order chi connectivity index (χ0) is 23.8. The van der Waals surface area contributed by atoms with Gasteiger partial charge in [0.25, 0.3) is 5.91 Å². The first-order valence-corrected chi connectivity index (χ1v) is 11.8. The number of carbonyl (C=O) groups is 3. The number of anilines is 2. The van der Waals surface area contributed by atoms with Crippen LogP contribution in [0.25, 0.3) is 0 Å². The molecule has 1 aliphatic carbocycles. The highest BCUT2D eigenvalue weighted by molar-refractivity contribution is 6.22. The second-order valence-electron chi connectivity index (χ2n) is 9.19. The lowest BCUT2D eigenvalue weighted by molar-refractivity contribution is -0.122. The summed E-state index contributed by atoms with van der Waals surface area (Å²) in [4.78, 5) is 44.8. The van der Waals surface area contributed by atoms with Crippen molar-refractivity contribution in [3.8, 4) is 5.75 Å². The van der Waals surface area contributed by atoms with Gasteiger partial charge in [0.1, 0.15) is 5.75 Å². The lowest BCUT2D eigenvalue weighted by Crippen LogP contribution is -2.48. The molecule has 0 saturated carbocycles. The quantitative estimate of drug-likeness (QED) is 0.518. The zero-order valence-corrected chi connectivity index (χ0v) is 19.5. The monoisotopic (exact) mass is 459 g/mol. The molecule has 0 unspecified atom stereocenters. The van der Waals surface area contributed by atoms with E-state index in [1.54, 1.807) is 31.4 Å². The molecule has 5 rings (SSSR count). The number of rotatable bonds is 4. The molecule has 2 saturated heterocycles. The molecule has 2 heterocycles. The van der Waals surface area contributed by atoms with Gasteiger partial charge < -0.3 is 14.5 Å². The molecule has 3 aliphatic rings. The number of hydrogen-bond donors (Lipinski definition) is 0. The van der Waals surface area contributed by atoms with E-state index in [-0.39, 0.29) is 35.5 Å². The van der Waals surface area contributed by atoms with Crippen molar-refractivity contribution >= 4 is 29.1 Å². The molecule has 0 radical (unpaired) electrons. The number of fused-ring (bicyclic) bond motifs is 1. The fourth-order valence-electron chi connectivity index (χ4n) is 5.32. The molecule has 2 aromatic rings. The van der Waals surface area contributed by atoms with Gasteiger partial charge in [0.05, 0.1) is 24.6 Å². The molecule has 176 valence electrons. The van der Waals surface area contributed by atoms with E-state index in [9.17, 15) is 14.4 Å². The maximum Gasteiger partial charge on any atom is 0.254 e. The minimum absolute atomic E-state index is 0.0343. The van der Waals surface area contributed by atoms with Gasteiger partial charge in [-0.25, -0.2) is 0 Å². The summed E-state index contributed by atoms with van der Waals surface area (Å²) in [6.45, 7) is 4.64. The lowest BCUT2D eigenvalue weighted by Gasteiger charge is -2.36. The first kappa shape index (κ1) is 22.2. The molecule has 0 aromatic heterocycles. The van der Waals surface area contributed by atoms with Crippen LogP contribution < -0.4 is 14.5 Å². The average Bonchev–Trinajstić information content (AvgIpc) is 3.14. The van der Waals surface area contributed by atoms with Crippen molar-refractivity contribution in [3.63, 3.8) is 0 Å². The van der Waals surface area contributed by atoms with Crippen LogP contribution in [0, 0.1) is 17.8 Å². The number of allylic oxidation sites excluding steroid dienone is 2. The van der Waals surface area contributed by atoms with Crippen molar-refractivity contribution in [1.82, 2.24) is 4.90 Å². The summed E-state index contributed by atoms with van der Waals surface area (Å²) >= 11 is 0. The Balaban J connectivity index is 1.28. The van der Waals surface area contributed by atoms with Crippen molar-refractivity contribution < 1.29 is 19.1 Å². The topological polar surface area (TPSA) is 70.2 Å². The van der Waals surface area contributed by atoms with Gasteiger partial charge in [0.2, 0.25) is 11.8 Å². The van der Waals surface area contributed by atoms with Gasteiger partial charge in [-0.1, -0.05) is 25.1 Å². The summed E-state index contributed by atoms with van der Waals surface area (Å²) in [5.74, 6) is -0.179. The van der Waals surface area contributed by atoms with Crippen LogP contribution in [0.5, 0.6) is 5.75 Å². The van der Waals surface area contributed by atoms with E-state index in [4.69, 9.17) is 4.74 Å². The van der Waals surface area contributed by atoms with Crippen LogP contribution in [0.15, 0.2) is 60.7 Å². The molecule has 34 heavy (non-hydrogen) atoms. The van der Waals surface area contributed by atoms with E-state index >= 15 is 0 Å². The number of hydrogen-bond acceptors (Lipinski definition) is 5. The molecular weight excluding hydrogens is 430 g/mol. The number of methoxy groups -OCH3 is 1. The summed E-state index contributed by atoms with van der Waals surface area (Å²) in [6, 6.07) is 14.9. The Morgan fingerprint density at radius 2 is 1.68 bits per heavy atom. The Morgan fingerprint density at radius 3 is 2.35 bits per heavy atom. The fraction of sp³-hybridized carbons (Fsp3) is 0.370. The normalized spacial score (nSPS) is 24.4. The Kier molecular flexibility index (Phi) is 5.86. The highest BCUT2D eigenvalue weighted by Crippen LogP contribution is 2.40. The molecule has 0 N–H and O–H groups in total. The smallest absolute Gasteiger partial charge is 0.254 e. The highest BCUT2D eigenvalue weighted by atomic mass is 16.5. The van der Waals surface area contributed by atoms with Crippen molar-refractivity contribution in [2.45, 2.75) is 13.3 Å². The van der Waals surface area contributed by atoms with Gasteiger partial charge >= 0.3 is 0 Å². The average molecular weight is 460 g/mol. The molecule has 7 nitrogen and oxygen atoms in total. The van der Waals surface area contributed by atoms with Gasteiger partial charge in [-0.2, -0.15) is 0 Å². The Bertz CT molecular complexity index is 1130. The SMILES string of the molecule is COc1ccc(N2CCN(C(=O)c3cccc(N4C(=O)[C@H]5[C@@H](C)C=CC[C@H]5C4=O)c3)CC2)cc1. The largest absolute Gasteiger partial charge is 0.497 e. The van der Waals surface area contributed by atoms with Gasteiger partial charge in [-0.05, 0) is 54.8 Å². The van der Waals surface area contributed by atoms with Crippen molar-refractivity contribution in [3.05, 3.63) is 66.2 Å². The standard InChI is InChI=1S/C27H29N3O4/c1-18-5-3-8-23-24(18)27(33)30(26(23)32)21-7-4-6-19(17-21)25(31)29-15-13-28(14-16-29)20-9-11-22(34-2)12-10-20/h3-7,9-12,17-18,23-24H,8,13-16H2,1-2H3/t18-,23+,24-/m0/s1. The maximum absolute atomic E-state index is 13.3. The summed E-state index contributed by atoms with van der Waals surface area (Å²) in [6.07, 6.45) is 4.60. The molecule has 0 bridgehead atoms. The first-order chi connectivity index (χ1) is 16.5. The number of ether oxygens (including phenoxy) is 1. The summed E-state index contributed by atoms with van der Waals surface area (Å²) in [5.41, 5.74) is 2.09. The predicted molar refractivity (Wildman–Crippen MR) is 130 cm³/mol. The summed E-state index contributed by atoms with van der Waals surface area (Å²) < 4.78 is 5.23. The number of imide groups is 1. The van der Waals surface area contributed by atoms with Gasteiger partial charge in [-0.3, -0.25) is 19.3 Å². The van der Waals surface area contributed by atoms with E-state index in [1.807, 2.05) is 48.2 Å². The van der Waals surface area contributed by atoms with Gasteiger partial charge in [0, 0.05) is 37.4 Å². The molecule has 7 heteroatoms. The van der Waals surface area contributed by atoms with E-state index in [1.165, 1.54) is 4.90 Å². The maximum atomic E-state index is 13.3. The second-order valence-corrected chi connectivity index (χ2v) is 9.19. The lowest BCUT2D eigenvalue weighted by atomic mass is 9.78. The minimum atomic E-state index is -0.317. The molecular formula is C27H29N3O4. The third-order valence-electron chi connectivity index (χ3n) is 7.23. The summed E-state index contributed by atoms with van der Waals surface area (Å²) in [7, 11) is 1.65. The Morgan fingerprint density at radius 1 is 0.941 bits per heavy atom. The van der Waals surface area contributed by atoms with E-state index in [0.717, 1.165) is 24.5 Å². The summed E-state index contributed by atoms with van der Waals surface area (Å²) in [5, 5.41) is 0. The van der Waals surface area contributed by atoms with E-state index < -0.39 is 0 Å². The number of piperazine rings is 1. The van der Waals surface area contributed by atoms with Crippen molar-refractivity contribution in [1.29, 1.82) is 0 Å². The van der Waals surface area contributed by atoms with Crippen LogP contribution in [-0.4, -0.2) is 55.9 Å². The Hall–Kier alpha value is -3.61. The molecule has 2 aliphatic heterocycles. The highest BCUT2D eigenvalue weighted by Gasteiger charge is 2.50. The fourth-order valence-corrected chi connectivity index (χ4v) is 5.32. The predicted octanol–water partition coefficient (Wildman–Crippen LogP) is 3.36. The third kappa shape index (κ3) is 3.85. The van der Waals surface area contributed by atoms with Crippen LogP contribution in [0.2, 0.25) is 0 Å². The van der Waals surface area contributed by atoms with Gasteiger partial charge in [0.15, 0.2) is 0 Å². The van der Waals surface area contributed by atoms with Crippen LogP contribution in [0.4, 0.5) is 11.4 Å². The minimum Gasteiger partial charge on any atom is -0.497 e. The van der Waals surface area contributed by atoms with Crippen LogP contribution >= 0.6 is 0 Å². The van der Waals surface area contributed by atoms with Crippen LogP contribution in [0.3, 0.4) is 0 Å². The second kappa shape index (κ2) is 8.97. The van der Waals surface area contributed by atoms with Crippen molar-refractivity contribution in [2.24, 2.45) is 17.8 Å². The van der Waals surface area contributed by atoms with E-state index in [2.05, 4.69) is 4.90 Å². The number of benzene rings is 2. The van der Waals surface area contributed by atoms with Crippen molar-refractivity contribution in [2.75, 3.05) is 43.1 Å².